The van der Waals surface area contributed by atoms with Gasteiger partial charge >= 0.3 is 0 Å². The third-order valence-electron chi connectivity index (χ3n) is 2.86. The van der Waals surface area contributed by atoms with E-state index in [0.717, 1.165) is 0 Å². The van der Waals surface area contributed by atoms with Gasteiger partial charge in [0.2, 0.25) is 0 Å². The van der Waals surface area contributed by atoms with Gasteiger partial charge < -0.3 is 0 Å². The third-order valence-corrected chi connectivity index (χ3v) is 2.86. The van der Waals surface area contributed by atoms with Crippen molar-refractivity contribution in [2.75, 3.05) is 0 Å². The Balaban J connectivity index is 2.49. The Morgan fingerprint density at radius 3 is 2.07 bits per heavy atom. The quantitative estimate of drug-likeness (QED) is 0.615. The van der Waals surface area contributed by atoms with Crippen LogP contribution in [0.5, 0.6) is 0 Å². The van der Waals surface area contributed by atoms with Gasteiger partial charge in [-0.2, -0.15) is 0 Å². The second kappa shape index (κ2) is 6.44. The van der Waals surface area contributed by atoms with Gasteiger partial charge in [0.15, 0.2) is 0 Å². The zero-order valence-electron chi connectivity index (χ0n) is 10.2. The van der Waals surface area contributed by atoms with Gasteiger partial charge in [0.05, 0.1) is 0 Å². The molecule has 0 amide bonds. The molecule has 0 saturated heterocycles. The minimum absolute atomic E-state index is 1.17. The molecule has 0 N–H and O–H groups in total. The number of rotatable bonds is 5. The maximum absolute atomic E-state index is 2.27. The van der Waals surface area contributed by atoms with Gasteiger partial charge in [-0.05, 0) is 44.2 Å². The molecule has 0 heteroatoms. The molecule has 0 bridgehead atoms. The van der Waals surface area contributed by atoms with E-state index in [2.05, 4.69) is 51.1 Å². The lowest BCUT2D eigenvalue weighted by molar-refractivity contribution is 0.910. The van der Waals surface area contributed by atoms with Crippen LogP contribution in [-0.2, 0) is 12.8 Å². The first kappa shape index (κ1) is 12.0. The number of hydrogen-bond donors (Lipinski definition) is 0. The summed E-state index contributed by atoms with van der Waals surface area (Å²) in [6.45, 7) is 6.54. The van der Waals surface area contributed by atoms with Crippen molar-refractivity contribution in [3.8, 4) is 0 Å². The molecule has 0 aliphatic carbocycles. The van der Waals surface area contributed by atoms with Crippen molar-refractivity contribution in [2.45, 2.75) is 46.5 Å². The number of aryl methyl sites for hydroxylation is 2. The molecule has 0 spiro atoms. The van der Waals surface area contributed by atoms with E-state index in [1.165, 1.54) is 42.4 Å². The zero-order valence-corrected chi connectivity index (χ0v) is 10.2. The lowest BCUT2D eigenvalue weighted by atomic mass is 10.0. The minimum atomic E-state index is 1.17. The van der Waals surface area contributed by atoms with Crippen LogP contribution in [0.3, 0.4) is 0 Å². The highest BCUT2D eigenvalue weighted by atomic mass is 14.0. The normalized spacial score (nSPS) is 11.8. The number of hydrogen-bond acceptors (Lipinski definition) is 0. The monoisotopic (exact) mass is 202 g/mol. The Kier molecular flexibility index (Phi) is 5.17. The van der Waals surface area contributed by atoms with Crippen LogP contribution in [0.1, 0.15) is 44.7 Å². The molecule has 0 saturated carbocycles. The molecule has 0 radical (unpaired) electrons. The molecule has 0 fully saturated rings. The second-order valence-corrected chi connectivity index (χ2v) is 4.20. The maximum atomic E-state index is 2.27. The summed E-state index contributed by atoms with van der Waals surface area (Å²) in [5, 5.41) is 0. The van der Waals surface area contributed by atoms with E-state index in [1.54, 1.807) is 0 Å². The molecule has 0 aliphatic rings. The van der Waals surface area contributed by atoms with Crippen molar-refractivity contribution in [2.24, 2.45) is 0 Å². The summed E-state index contributed by atoms with van der Waals surface area (Å²) >= 11 is 0. The molecule has 0 unspecified atom stereocenters. The van der Waals surface area contributed by atoms with E-state index in [0.29, 0.717) is 0 Å². The van der Waals surface area contributed by atoms with Gasteiger partial charge in [0.1, 0.15) is 0 Å². The highest BCUT2D eigenvalue weighted by Crippen LogP contribution is 2.11. The van der Waals surface area contributed by atoms with E-state index in [-0.39, 0.29) is 0 Å². The maximum Gasteiger partial charge on any atom is -0.0242 e. The summed E-state index contributed by atoms with van der Waals surface area (Å²) in [6, 6.07) is 9.08. The molecule has 0 nitrogen and oxygen atoms in total. The molecule has 1 aromatic rings. The molecule has 82 valence electrons. The summed E-state index contributed by atoms with van der Waals surface area (Å²) in [5.41, 5.74) is 4.40. The largest absolute Gasteiger partial charge is 0.0887 e. The van der Waals surface area contributed by atoms with Crippen molar-refractivity contribution in [3.05, 3.63) is 47.0 Å². The average molecular weight is 202 g/mol. The molecule has 15 heavy (non-hydrogen) atoms. The predicted molar refractivity (Wildman–Crippen MR) is 68.2 cm³/mol. The molecular weight excluding hydrogens is 180 g/mol. The number of benzene rings is 1. The second-order valence-electron chi connectivity index (χ2n) is 4.20. The fourth-order valence-electron chi connectivity index (χ4n) is 1.65. The molecule has 0 atom stereocenters. The molecule has 0 heterocycles. The highest BCUT2D eigenvalue weighted by Gasteiger charge is 1.95. The summed E-state index contributed by atoms with van der Waals surface area (Å²) in [5.74, 6) is 0. The Bertz CT molecular complexity index is 303. The van der Waals surface area contributed by atoms with E-state index in [1.807, 2.05) is 0 Å². The first-order valence-corrected chi connectivity index (χ1v) is 5.96. The Morgan fingerprint density at radius 1 is 1.07 bits per heavy atom. The average Bonchev–Trinajstić information content (AvgIpc) is 2.28. The van der Waals surface area contributed by atoms with Crippen molar-refractivity contribution < 1.29 is 0 Å². The first-order valence-electron chi connectivity index (χ1n) is 5.96. The van der Waals surface area contributed by atoms with Crippen LogP contribution in [0.4, 0.5) is 0 Å². The van der Waals surface area contributed by atoms with Gasteiger partial charge in [-0.3, -0.25) is 0 Å². The number of allylic oxidation sites excluding steroid dienone is 2. The van der Waals surface area contributed by atoms with Gasteiger partial charge in [0.25, 0.3) is 0 Å². The predicted octanol–water partition coefficient (Wildman–Crippen LogP) is 4.54. The van der Waals surface area contributed by atoms with Crippen LogP contribution in [0.15, 0.2) is 35.9 Å². The molecule has 1 aromatic carbocycles. The van der Waals surface area contributed by atoms with Gasteiger partial charge in [-0.15, -0.1) is 0 Å². The fraction of sp³-hybridized carbons (Fsp3) is 0.467. The van der Waals surface area contributed by atoms with Gasteiger partial charge in [0, 0.05) is 0 Å². The van der Waals surface area contributed by atoms with Crippen molar-refractivity contribution >= 4 is 0 Å². The molecule has 1 rings (SSSR count). The summed E-state index contributed by atoms with van der Waals surface area (Å²) in [6.07, 6.45) is 6.99. The van der Waals surface area contributed by atoms with Crippen molar-refractivity contribution in [1.29, 1.82) is 0 Å². The van der Waals surface area contributed by atoms with Crippen LogP contribution in [-0.4, -0.2) is 0 Å². The highest BCUT2D eigenvalue weighted by molar-refractivity contribution is 5.23. The Morgan fingerprint density at radius 2 is 1.60 bits per heavy atom. The van der Waals surface area contributed by atoms with E-state index in [9.17, 15) is 0 Å². The van der Waals surface area contributed by atoms with Crippen LogP contribution >= 0.6 is 0 Å². The molecule has 0 aliphatic heterocycles. The lowest BCUT2D eigenvalue weighted by Gasteiger charge is -2.03. The minimum Gasteiger partial charge on any atom is -0.0887 e. The van der Waals surface area contributed by atoms with Crippen molar-refractivity contribution in [3.63, 3.8) is 0 Å². The SMILES string of the molecule is CC=C(C)CCc1ccc(CCC)cc1. The van der Waals surface area contributed by atoms with Crippen LogP contribution < -0.4 is 0 Å². The smallest absolute Gasteiger partial charge is 0.0242 e. The Labute approximate surface area is 94.0 Å². The van der Waals surface area contributed by atoms with E-state index >= 15 is 0 Å². The van der Waals surface area contributed by atoms with Crippen LogP contribution in [0.25, 0.3) is 0 Å². The lowest BCUT2D eigenvalue weighted by Crippen LogP contribution is -1.88. The molecule has 0 aromatic heterocycles. The third kappa shape index (κ3) is 4.33. The van der Waals surface area contributed by atoms with Gasteiger partial charge in [-0.25, -0.2) is 0 Å². The van der Waals surface area contributed by atoms with E-state index < -0.39 is 0 Å². The Hall–Kier alpha value is -1.04. The van der Waals surface area contributed by atoms with Gasteiger partial charge in [-0.1, -0.05) is 49.3 Å². The van der Waals surface area contributed by atoms with Crippen LogP contribution in [0, 0.1) is 0 Å². The summed E-state index contributed by atoms with van der Waals surface area (Å²) in [7, 11) is 0. The summed E-state index contributed by atoms with van der Waals surface area (Å²) < 4.78 is 0. The topological polar surface area (TPSA) is 0 Å². The van der Waals surface area contributed by atoms with Crippen molar-refractivity contribution in [1.82, 2.24) is 0 Å². The van der Waals surface area contributed by atoms with E-state index in [4.69, 9.17) is 0 Å². The first-order chi connectivity index (χ1) is 7.26. The summed E-state index contributed by atoms with van der Waals surface area (Å²) in [4.78, 5) is 0. The standard InChI is InChI=1S/C15H22/c1-4-6-14-9-11-15(12-10-14)8-7-13(3)5-2/h5,9-12H,4,6-8H2,1-3H3. The van der Waals surface area contributed by atoms with Crippen LogP contribution in [0.2, 0.25) is 0 Å². The fourth-order valence-corrected chi connectivity index (χ4v) is 1.65. The zero-order chi connectivity index (χ0) is 11.1. The molecular formula is C15H22.